The molecule has 15 atom stereocenters. The van der Waals surface area contributed by atoms with Crippen LogP contribution in [0.1, 0.15) is 59.6 Å². The summed E-state index contributed by atoms with van der Waals surface area (Å²) >= 11 is 0. The van der Waals surface area contributed by atoms with Crippen molar-refractivity contribution < 1.29 is 90.7 Å². The first-order chi connectivity index (χ1) is 31.4. The number of nitrogens with one attached hydrogen (secondary N) is 2. The van der Waals surface area contributed by atoms with Crippen molar-refractivity contribution in [3.05, 3.63) is 71.8 Å². The maximum Gasteiger partial charge on any atom is 0.303 e. The zero-order chi connectivity index (χ0) is 48.1. The maximum absolute atomic E-state index is 12.8. The molecule has 9 unspecified atom stereocenters. The fraction of sp³-hybridized carbons (Fsp3) is 0.600. The Morgan fingerprint density at radius 1 is 0.545 bits per heavy atom. The highest BCUT2D eigenvalue weighted by Crippen LogP contribution is 2.36. The van der Waals surface area contributed by atoms with E-state index in [1.165, 1.54) is 14.0 Å². The number of benzene rings is 2. The van der Waals surface area contributed by atoms with E-state index in [1.807, 2.05) is 60.7 Å². The summed E-state index contributed by atoms with van der Waals surface area (Å²) in [6.07, 6.45) is -17.2. The van der Waals surface area contributed by atoms with Gasteiger partial charge in [-0.3, -0.25) is 28.8 Å². The van der Waals surface area contributed by atoms with Crippen molar-refractivity contribution in [1.82, 2.24) is 10.6 Å². The Balaban J connectivity index is 1.58. The molecule has 2 aromatic carbocycles. The molecule has 3 N–H and O–H groups in total. The number of aliphatic hydroxyl groups is 1. The quantitative estimate of drug-likeness (QED) is 0.132. The number of aliphatic hydroxyl groups excluding tert-OH is 1. The summed E-state index contributed by atoms with van der Waals surface area (Å²) in [5.41, 5.74) is 1.74. The zero-order valence-corrected chi connectivity index (χ0v) is 38.1. The maximum atomic E-state index is 12.8. The molecule has 0 spiro atoms. The molecule has 3 heterocycles. The van der Waals surface area contributed by atoms with Gasteiger partial charge in [0.1, 0.15) is 68.0 Å². The number of carbonyl (C=O) groups is 6. The van der Waals surface area contributed by atoms with Crippen LogP contribution in [-0.4, -0.2) is 153 Å². The van der Waals surface area contributed by atoms with Crippen LogP contribution in [0, 0.1) is 0 Å². The minimum Gasteiger partial charge on any atom is -0.463 e. The predicted molar refractivity (Wildman–Crippen MR) is 224 cm³/mol. The predicted octanol–water partition coefficient (Wildman–Crippen LogP) is 1.13. The van der Waals surface area contributed by atoms with Crippen LogP contribution in [0.4, 0.5) is 0 Å². The van der Waals surface area contributed by atoms with Gasteiger partial charge < -0.3 is 72.6 Å². The van der Waals surface area contributed by atoms with Gasteiger partial charge in [0.25, 0.3) is 0 Å². The molecule has 66 heavy (non-hydrogen) atoms. The number of rotatable bonds is 19. The van der Waals surface area contributed by atoms with E-state index in [0.29, 0.717) is 0 Å². The second-order valence-electron chi connectivity index (χ2n) is 15.9. The summed E-state index contributed by atoms with van der Waals surface area (Å²) < 4.78 is 73.2. The fourth-order valence-corrected chi connectivity index (χ4v) is 7.97. The summed E-state index contributed by atoms with van der Waals surface area (Å²) in [5, 5.41) is 16.8. The molecule has 0 bridgehead atoms. The second kappa shape index (κ2) is 24.6. The lowest BCUT2D eigenvalue weighted by Gasteiger charge is -2.51. The van der Waals surface area contributed by atoms with E-state index >= 15 is 0 Å². The smallest absolute Gasteiger partial charge is 0.303 e. The number of esters is 4. The first-order valence-corrected chi connectivity index (χ1v) is 21.4. The highest BCUT2D eigenvalue weighted by molar-refractivity contribution is 5.74. The fourth-order valence-electron chi connectivity index (χ4n) is 7.97. The number of methoxy groups -OCH3 is 1. The Morgan fingerprint density at radius 2 is 1.03 bits per heavy atom. The van der Waals surface area contributed by atoms with Crippen LogP contribution in [0.15, 0.2) is 60.7 Å². The third kappa shape index (κ3) is 14.4. The van der Waals surface area contributed by atoms with Gasteiger partial charge in [-0.1, -0.05) is 60.7 Å². The minimum atomic E-state index is -1.83. The summed E-state index contributed by atoms with van der Waals surface area (Å²) in [6.45, 7) is 7.77. The molecule has 364 valence electrons. The summed E-state index contributed by atoms with van der Waals surface area (Å²) in [7, 11) is 1.42. The normalized spacial score (nSPS) is 32.0. The van der Waals surface area contributed by atoms with Crippen LogP contribution in [-0.2, 0) is 98.8 Å². The monoisotopic (exact) mass is 932 g/mol. The van der Waals surface area contributed by atoms with Gasteiger partial charge in [0.2, 0.25) is 11.8 Å². The van der Waals surface area contributed by atoms with Crippen molar-refractivity contribution in [1.29, 1.82) is 0 Å². The van der Waals surface area contributed by atoms with Gasteiger partial charge >= 0.3 is 23.9 Å². The second-order valence-corrected chi connectivity index (χ2v) is 15.9. The minimum absolute atomic E-state index is 0.132. The van der Waals surface area contributed by atoms with E-state index in [0.717, 1.165) is 45.7 Å². The Bertz CT molecular complexity index is 1920. The molecule has 0 radical (unpaired) electrons. The third-order valence-corrected chi connectivity index (χ3v) is 10.7. The Hall–Kier alpha value is -5.10. The summed E-state index contributed by atoms with van der Waals surface area (Å²) in [6, 6.07) is 16.0. The van der Waals surface area contributed by atoms with E-state index in [4.69, 9.17) is 56.8 Å². The van der Waals surface area contributed by atoms with Crippen LogP contribution in [0.3, 0.4) is 0 Å². The van der Waals surface area contributed by atoms with E-state index in [2.05, 4.69) is 10.6 Å². The summed E-state index contributed by atoms with van der Waals surface area (Å²) in [4.78, 5) is 75.0. The largest absolute Gasteiger partial charge is 0.463 e. The van der Waals surface area contributed by atoms with Crippen LogP contribution >= 0.6 is 0 Å². The first-order valence-electron chi connectivity index (χ1n) is 21.4. The highest BCUT2D eigenvalue weighted by Gasteiger charge is 2.57. The van der Waals surface area contributed by atoms with Crippen LogP contribution in [0.2, 0.25) is 0 Å². The molecule has 21 heteroatoms. The number of hydrogen-bond acceptors (Lipinski definition) is 19. The van der Waals surface area contributed by atoms with E-state index < -0.39 is 141 Å². The van der Waals surface area contributed by atoms with Crippen LogP contribution in [0.25, 0.3) is 0 Å². The molecule has 3 fully saturated rings. The molecule has 0 aromatic heterocycles. The zero-order valence-electron chi connectivity index (χ0n) is 38.1. The molecule has 2 amide bonds. The Morgan fingerprint density at radius 3 is 1.53 bits per heavy atom. The average Bonchev–Trinajstić information content (AvgIpc) is 3.25. The molecule has 0 saturated carbocycles. The van der Waals surface area contributed by atoms with Crippen molar-refractivity contribution in [3.63, 3.8) is 0 Å². The molecule has 2 aromatic rings. The molecule has 3 saturated heterocycles. The van der Waals surface area contributed by atoms with Crippen molar-refractivity contribution in [3.8, 4) is 0 Å². The van der Waals surface area contributed by atoms with Gasteiger partial charge in [-0.25, -0.2) is 0 Å². The standard InChI is InChI=1S/C45H60N2O19/c1-23-36(58-19-30-15-11-9-12-16-30)41(59-20-31-17-13-10-14-18-31)42(55-8)45(60-23)66-39-34(46-24(2)48)43(54)63-32(21-56-26(4)50)38(39)65-44-35(47-25(3)49)40(62-29(7)53)37(61-28(6)52)33(64-44)22-57-27(5)51/h9-18,23,32-45,54H,19-22H2,1-8H3,(H,46,48)(H,47,49)/t23?,32?,33?,34?,35?,36-,37+,38+,39?,40?,41?,42?,43-,44-,45-/m0/s1. The van der Waals surface area contributed by atoms with Crippen molar-refractivity contribution in [2.45, 2.75) is 154 Å². The highest BCUT2D eigenvalue weighted by atomic mass is 16.8. The molecule has 3 aliphatic rings. The topological polar surface area (TPSA) is 257 Å². The first kappa shape index (κ1) is 51.9. The van der Waals surface area contributed by atoms with Crippen molar-refractivity contribution >= 4 is 35.7 Å². The van der Waals surface area contributed by atoms with Crippen molar-refractivity contribution in [2.24, 2.45) is 0 Å². The average molecular weight is 933 g/mol. The lowest BCUT2D eigenvalue weighted by molar-refractivity contribution is -0.368. The van der Waals surface area contributed by atoms with E-state index in [-0.39, 0.29) is 13.2 Å². The molecule has 0 aliphatic carbocycles. The molecule has 21 nitrogen and oxygen atoms in total. The van der Waals surface area contributed by atoms with Gasteiger partial charge in [0.15, 0.2) is 31.1 Å². The number of amides is 2. The van der Waals surface area contributed by atoms with E-state index in [1.54, 1.807) is 6.92 Å². The number of carbonyl (C=O) groups excluding carboxylic acids is 6. The number of hydrogen-bond donors (Lipinski definition) is 3. The van der Waals surface area contributed by atoms with Gasteiger partial charge in [0, 0.05) is 48.7 Å². The lowest BCUT2D eigenvalue weighted by atomic mass is 9.93. The molecule has 5 rings (SSSR count). The SMILES string of the molecule is COC1C(OCc2ccccc2)[C@@H](OCc2ccccc2)C(C)O[C@H]1OC1C(NC(C)=O)[C@@H](O)OC(COC(C)=O)[C@H]1O[C@@H]1OC(COC(C)=O)[C@@H](OC(C)=O)C(OC(C)=O)C1NC(C)=O. The molecule has 3 aliphatic heterocycles. The van der Waals surface area contributed by atoms with Crippen LogP contribution in [0.5, 0.6) is 0 Å². The van der Waals surface area contributed by atoms with Crippen LogP contribution < -0.4 is 10.6 Å². The van der Waals surface area contributed by atoms with E-state index in [9.17, 15) is 33.9 Å². The van der Waals surface area contributed by atoms with Gasteiger partial charge in [-0.15, -0.1) is 0 Å². The van der Waals surface area contributed by atoms with Gasteiger partial charge in [-0.2, -0.15) is 0 Å². The Kier molecular flexibility index (Phi) is 19.3. The lowest BCUT2D eigenvalue weighted by Crippen LogP contribution is -2.71. The summed E-state index contributed by atoms with van der Waals surface area (Å²) in [5.74, 6) is -4.44. The number of ether oxygens (including phenoxy) is 12. The van der Waals surface area contributed by atoms with Gasteiger partial charge in [0.05, 0.1) is 19.3 Å². The third-order valence-electron chi connectivity index (χ3n) is 10.7. The molecular weight excluding hydrogens is 872 g/mol. The van der Waals surface area contributed by atoms with Crippen molar-refractivity contribution in [2.75, 3.05) is 20.3 Å². The van der Waals surface area contributed by atoms with Gasteiger partial charge in [-0.05, 0) is 18.1 Å². The molecular formula is C45H60N2O19. The Labute approximate surface area is 382 Å².